The molecule has 1 amide bonds. The minimum atomic E-state index is -0.616. The predicted octanol–water partition coefficient (Wildman–Crippen LogP) is 2.96. The molecule has 1 atom stereocenters. The zero-order valence-corrected chi connectivity index (χ0v) is 16.9. The number of nitrogens with zero attached hydrogens (tertiary/aromatic N) is 3. The average molecular weight is 423 g/mol. The van der Waals surface area contributed by atoms with Gasteiger partial charge in [-0.15, -0.1) is 0 Å². The number of hydrogen-bond acceptors (Lipinski definition) is 6. The summed E-state index contributed by atoms with van der Waals surface area (Å²) in [6.45, 7) is 3.54. The molecule has 3 heterocycles. The molecule has 5 rings (SSSR count). The summed E-state index contributed by atoms with van der Waals surface area (Å²) >= 11 is 0. The molecule has 2 aliphatic rings. The quantitative estimate of drug-likeness (QED) is 0.643. The smallest absolute Gasteiger partial charge is 0.267 e. The zero-order chi connectivity index (χ0) is 21.2. The number of fused-ring (bicyclic) bond motifs is 1. The van der Waals surface area contributed by atoms with Crippen LogP contribution in [0.5, 0.6) is 11.5 Å². The second-order valence-corrected chi connectivity index (χ2v) is 7.62. The number of hydrogen-bond donors (Lipinski definition) is 0. The van der Waals surface area contributed by atoms with Crippen molar-refractivity contribution < 1.29 is 23.1 Å². The number of aromatic nitrogens is 1. The van der Waals surface area contributed by atoms with Crippen LogP contribution in [0.3, 0.4) is 0 Å². The lowest BCUT2D eigenvalue weighted by Crippen LogP contribution is -2.53. The molecular weight excluding hydrogens is 401 g/mol. The Morgan fingerprint density at radius 2 is 1.77 bits per heavy atom. The molecule has 1 saturated heterocycles. The Morgan fingerprint density at radius 1 is 1.03 bits per heavy atom. The van der Waals surface area contributed by atoms with E-state index in [0.717, 1.165) is 24.3 Å². The van der Waals surface area contributed by atoms with Gasteiger partial charge >= 0.3 is 0 Å². The normalized spacial score (nSPS) is 18.7. The number of amides is 1. The van der Waals surface area contributed by atoms with Crippen LogP contribution in [0.2, 0.25) is 0 Å². The van der Waals surface area contributed by atoms with Crippen LogP contribution in [0.1, 0.15) is 5.69 Å². The fourth-order valence-electron chi connectivity index (χ4n) is 3.80. The maximum atomic E-state index is 13.1. The van der Waals surface area contributed by atoms with Crippen LogP contribution in [0, 0.1) is 5.82 Å². The number of rotatable bonds is 4. The third-order valence-corrected chi connectivity index (χ3v) is 5.50. The second-order valence-electron chi connectivity index (χ2n) is 7.62. The number of carbonyl (C=O) groups excluding carboxylic acids is 1. The summed E-state index contributed by atoms with van der Waals surface area (Å²) in [5.74, 6) is 1.41. The topological polar surface area (TPSA) is 68.0 Å². The van der Waals surface area contributed by atoms with Crippen molar-refractivity contribution in [3.8, 4) is 23.0 Å². The van der Waals surface area contributed by atoms with E-state index in [4.69, 9.17) is 13.9 Å². The molecule has 0 radical (unpaired) electrons. The van der Waals surface area contributed by atoms with Crippen molar-refractivity contribution in [2.75, 3.05) is 32.8 Å². The molecule has 1 aromatic heterocycles. The Balaban J connectivity index is 1.14. The van der Waals surface area contributed by atoms with Crippen molar-refractivity contribution in [1.82, 2.24) is 14.8 Å². The van der Waals surface area contributed by atoms with Crippen LogP contribution in [0.15, 0.2) is 59.2 Å². The van der Waals surface area contributed by atoms with E-state index in [-0.39, 0.29) is 18.3 Å². The number of oxazole rings is 1. The van der Waals surface area contributed by atoms with Crippen LogP contribution >= 0.6 is 0 Å². The highest BCUT2D eigenvalue weighted by atomic mass is 19.1. The Bertz CT molecular complexity index is 1060. The summed E-state index contributed by atoms with van der Waals surface area (Å²) in [5, 5.41) is 0. The molecule has 2 aliphatic heterocycles. The van der Waals surface area contributed by atoms with Crippen molar-refractivity contribution in [3.05, 3.63) is 66.3 Å². The summed E-state index contributed by atoms with van der Waals surface area (Å²) in [6, 6.07) is 13.4. The van der Waals surface area contributed by atoms with Crippen molar-refractivity contribution in [2.24, 2.45) is 0 Å². The van der Waals surface area contributed by atoms with E-state index in [1.54, 1.807) is 18.4 Å². The van der Waals surface area contributed by atoms with Crippen LogP contribution in [-0.2, 0) is 11.3 Å². The van der Waals surface area contributed by atoms with Crippen molar-refractivity contribution >= 4 is 5.91 Å². The summed E-state index contributed by atoms with van der Waals surface area (Å²) < 4.78 is 30.2. The monoisotopic (exact) mass is 423 g/mol. The van der Waals surface area contributed by atoms with Crippen LogP contribution in [-0.4, -0.2) is 59.6 Å². The van der Waals surface area contributed by atoms with Crippen LogP contribution in [0.4, 0.5) is 4.39 Å². The van der Waals surface area contributed by atoms with Crippen molar-refractivity contribution in [1.29, 1.82) is 0 Å². The van der Waals surface area contributed by atoms with Gasteiger partial charge < -0.3 is 18.8 Å². The van der Waals surface area contributed by atoms with E-state index >= 15 is 0 Å². The maximum absolute atomic E-state index is 13.1. The highest BCUT2D eigenvalue weighted by Crippen LogP contribution is 2.31. The average Bonchev–Trinajstić information content (AvgIpc) is 3.27. The SMILES string of the molecule is O=C([C@H]1COc2ccccc2O1)N1CCN(Cc2coc(-c3ccc(F)cc3)n2)CC1. The lowest BCUT2D eigenvalue weighted by Gasteiger charge is -2.36. The summed E-state index contributed by atoms with van der Waals surface area (Å²) in [5.41, 5.74) is 1.54. The minimum Gasteiger partial charge on any atom is -0.485 e. The van der Waals surface area contributed by atoms with E-state index in [0.29, 0.717) is 37.0 Å². The number of carbonyl (C=O) groups is 1. The first-order valence-corrected chi connectivity index (χ1v) is 10.3. The molecule has 1 fully saturated rings. The number of piperazine rings is 1. The van der Waals surface area contributed by atoms with Gasteiger partial charge in [-0.05, 0) is 36.4 Å². The number of halogens is 1. The van der Waals surface area contributed by atoms with E-state index in [1.165, 1.54) is 12.1 Å². The molecule has 0 saturated carbocycles. The van der Waals surface area contributed by atoms with Gasteiger partial charge in [0.25, 0.3) is 5.91 Å². The molecule has 8 heteroatoms. The molecule has 0 N–H and O–H groups in total. The Labute approximate surface area is 179 Å². The van der Waals surface area contributed by atoms with Crippen molar-refractivity contribution in [2.45, 2.75) is 12.6 Å². The Hall–Kier alpha value is -3.39. The molecule has 7 nitrogen and oxygen atoms in total. The number of para-hydroxylation sites is 2. The summed E-state index contributed by atoms with van der Waals surface area (Å²) in [6.07, 6.45) is 1.01. The van der Waals surface area contributed by atoms with E-state index in [9.17, 15) is 9.18 Å². The minimum absolute atomic E-state index is 0.0471. The predicted molar refractivity (Wildman–Crippen MR) is 110 cm³/mol. The lowest BCUT2D eigenvalue weighted by molar-refractivity contribution is -0.143. The Morgan fingerprint density at radius 3 is 2.55 bits per heavy atom. The van der Waals surface area contributed by atoms with E-state index < -0.39 is 6.10 Å². The van der Waals surface area contributed by atoms with Gasteiger partial charge in [0, 0.05) is 38.3 Å². The summed E-state index contributed by atoms with van der Waals surface area (Å²) in [7, 11) is 0. The van der Waals surface area contributed by atoms with Gasteiger partial charge in [0.1, 0.15) is 18.7 Å². The molecule has 0 spiro atoms. The first-order valence-electron chi connectivity index (χ1n) is 10.3. The molecule has 0 unspecified atom stereocenters. The standard InChI is InChI=1S/C23H22FN3O4/c24-17-7-5-16(6-8-17)22-25-18(14-30-22)13-26-9-11-27(12-10-26)23(28)21-15-29-19-3-1-2-4-20(19)31-21/h1-8,14,21H,9-13,15H2/t21-/m1/s1. The molecule has 31 heavy (non-hydrogen) atoms. The second kappa shape index (κ2) is 8.39. The molecule has 0 aliphatic carbocycles. The first-order chi connectivity index (χ1) is 15.2. The maximum Gasteiger partial charge on any atom is 0.267 e. The third kappa shape index (κ3) is 4.25. The van der Waals surface area contributed by atoms with Gasteiger partial charge in [-0.1, -0.05) is 12.1 Å². The third-order valence-electron chi connectivity index (χ3n) is 5.50. The number of benzene rings is 2. The fraction of sp³-hybridized carbons (Fsp3) is 0.304. The molecule has 160 valence electrons. The van der Waals surface area contributed by atoms with Crippen molar-refractivity contribution in [3.63, 3.8) is 0 Å². The van der Waals surface area contributed by atoms with Gasteiger partial charge in [0.15, 0.2) is 11.5 Å². The highest BCUT2D eigenvalue weighted by Gasteiger charge is 2.32. The van der Waals surface area contributed by atoms with E-state index in [1.807, 2.05) is 29.2 Å². The summed E-state index contributed by atoms with van der Waals surface area (Å²) in [4.78, 5) is 21.4. The first kappa shape index (κ1) is 19.6. The highest BCUT2D eigenvalue weighted by molar-refractivity contribution is 5.82. The largest absolute Gasteiger partial charge is 0.485 e. The van der Waals surface area contributed by atoms with Crippen LogP contribution in [0.25, 0.3) is 11.5 Å². The van der Waals surface area contributed by atoms with Gasteiger partial charge in [-0.2, -0.15) is 0 Å². The fourth-order valence-corrected chi connectivity index (χ4v) is 3.80. The molecule has 0 bridgehead atoms. The Kier molecular flexibility index (Phi) is 5.30. The lowest BCUT2D eigenvalue weighted by atomic mass is 10.2. The molecular formula is C23H22FN3O4. The number of ether oxygens (including phenoxy) is 2. The molecule has 2 aromatic carbocycles. The van der Waals surface area contributed by atoms with E-state index in [2.05, 4.69) is 9.88 Å². The zero-order valence-electron chi connectivity index (χ0n) is 16.9. The van der Waals surface area contributed by atoms with Gasteiger partial charge in [-0.3, -0.25) is 9.69 Å². The van der Waals surface area contributed by atoms with Gasteiger partial charge in [-0.25, -0.2) is 9.37 Å². The van der Waals surface area contributed by atoms with Gasteiger partial charge in [0.2, 0.25) is 12.0 Å². The van der Waals surface area contributed by atoms with Crippen LogP contribution < -0.4 is 9.47 Å². The van der Waals surface area contributed by atoms with Gasteiger partial charge in [0.05, 0.1) is 5.69 Å². The molecule has 3 aromatic rings.